The Hall–Kier alpha value is -2.56. The molecule has 3 rings (SSSR count). The van der Waals surface area contributed by atoms with Gasteiger partial charge < -0.3 is 0 Å². The highest BCUT2D eigenvalue weighted by molar-refractivity contribution is 5.78. The van der Waals surface area contributed by atoms with Crippen LogP contribution in [-0.4, -0.2) is 10.3 Å². The van der Waals surface area contributed by atoms with Crippen molar-refractivity contribution in [2.45, 2.75) is 0 Å². The van der Waals surface area contributed by atoms with Crippen LogP contribution in [-0.2, 0) is 0 Å². The molecule has 0 amide bonds. The second kappa shape index (κ2) is 4.13. The topological polar surface area (TPSA) is 63.6 Å². The molecule has 0 aliphatic heterocycles. The maximum atomic E-state index is 4.43. The van der Waals surface area contributed by atoms with Crippen LogP contribution in [0, 0.1) is 0 Å². The lowest BCUT2D eigenvalue weighted by Gasteiger charge is -1.92. The standard InChI is InChI=1S/C12H8N4O/c1-2-4-9-6-7-11(10(9)5-3-1)14-15-12-8-13-17-16-12/h1-8H. The van der Waals surface area contributed by atoms with Gasteiger partial charge in [0.1, 0.15) is 6.20 Å². The van der Waals surface area contributed by atoms with Crippen molar-refractivity contribution < 1.29 is 4.63 Å². The third-order valence-corrected chi connectivity index (χ3v) is 2.38. The van der Waals surface area contributed by atoms with E-state index in [9.17, 15) is 0 Å². The van der Waals surface area contributed by atoms with Crippen LogP contribution in [0.5, 0.6) is 0 Å². The summed E-state index contributed by atoms with van der Waals surface area (Å²) in [6.45, 7) is 0. The summed E-state index contributed by atoms with van der Waals surface area (Å²) >= 11 is 0. The van der Waals surface area contributed by atoms with Crippen molar-refractivity contribution in [3.05, 3.63) is 48.7 Å². The number of rotatable bonds is 2. The molecule has 0 saturated carbocycles. The third kappa shape index (κ3) is 1.90. The molecule has 0 aromatic carbocycles. The van der Waals surface area contributed by atoms with Gasteiger partial charge in [0.05, 0.1) is 5.69 Å². The third-order valence-electron chi connectivity index (χ3n) is 2.38. The lowest BCUT2D eigenvalue weighted by atomic mass is 10.2. The molecule has 0 saturated heterocycles. The first-order valence-corrected chi connectivity index (χ1v) is 5.10. The van der Waals surface area contributed by atoms with E-state index in [-0.39, 0.29) is 0 Å². The summed E-state index contributed by atoms with van der Waals surface area (Å²) < 4.78 is 4.43. The average molecular weight is 224 g/mol. The highest BCUT2D eigenvalue weighted by atomic mass is 16.6. The van der Waals surface area contributed by atoms with Crippen LogP contribution < -0.4 is 0 Å². The Morgan fingerprint density at radius 3 is 2.76 bits per heavy atom. The molecule has 0 radical (unpaired) electrons. The summed E-state index contributed by atoms with van der Waals surface area (Å²) in [4.78, 5) is 0. The van der Waals surface area contributed by atoms with Crippen LogP contribution in [0.1, 0.15) is 0 Å². The van der Waals surface area contributed by atoms with E-state index in [1.807, 2.05) is 42.5 Å². The van der Waals surface area contributed by atoms with Gasteiger partial charge in [-0.15, -0.1) is 10.2 Å². The monoisotopic (exact) mass is 224 g/mol. The maximum absolute atomic E-state index is 4.43. The van der Waals surface area contributed by atoms with E-state index in [2.05, 4.69) is 25.2 Å². The fourth-order valence-corrected chi connectivity index (χ4v) is 1.59. The predicted octanol–water partition coefficient (Wildman–Crippen LogP) is 3.59. The molecule has 0 atom stereocenters. The molecule has 0 unspecified atom stereocenters. The Bertz CT molecular complexity index is 618. The molecule has 0 spiro atoms. The van der Waals surface area contributed by atoms with Crippen LogP contribution in [0.15, 0.2) is 63.5 Å². The largest absolute Gasteiger partial charge is 0.242 e. The van der Waals surface area contributed by atoms with E-state index in [0.29, 0.717) is 5.82 Å². The normalized spacial score (nSPS) is 11.3. The van der Waals surface area contributed by atoms with Crippen LogP contribution in [0.2, 0.25) is 0 Å². The lowest BCUT2D eigenvalue weighted by Crippen LogP contribution is -1.65. The summed E-state index contributed by atoms with van der Waals surface area (Å²) in [5, 5.41) is 15.1. The van der Waals surface area contributed by atoms with Crippen molar-refractivity contribution in [1.82, 2.24) is 10.3 Å². The summed E-state index contributed by atoms with van der Waals surface area (Å²) in [6, 6.07) is 13.9. The van der Waals surface area contributed by atoms with Gasteiger partial charge >= 0.3 is 0 Å². The second-order valence-corrected chi connectivity index (χ2v) is 3.46. The number of hydrogen-bond donors (Lipinski definition) is 0. The molecular weight excluding hydrogens is 216 g/mol. The Kier molecular flexibility index (Phi) is 2.34. The van der Waals surface area contributed by atoms with Crippen LogP contribution in [0.3, 0.4) is 0 Å². The molecule has 5 nitrogen and oxygen atoms in total. The summed E-state index contributed by atoms with van der Waals surface area (Å²) in [5.41, 5.74) is 2.98. The highest BCUT2D eigenvalue weighted by Crippen LogP contribution is 2.34. The van der Waals surface area contributed by atoms with Crippen LogP contribution in [0.25, 0.3) is 11.1 Å². The van der Waals surface area contributed by atoms with Crippen molar-refractivity contribution in [1.29, 1.82) is 0 Å². The molecule has 0 N–H and O–H groups in total. The molecule has 1 heterocycles. The van der Waals surface area contributed by atoms with Gasteiger partial charge in [-0.05, 0) is 16.8 Å². The smallest absolute Gasteiger partial charge is 0.237 e. The first-order valence-electron chi connectivity index (χ1n) is 5.10. The minimum Gasteiger partial charge on any atom is -0.242 e. The molecule has 5 heteroatoms. The Morgan fingerprint density at radius 2 is 1.88 bits per heavy atom. The quantitative estimate of drug-likeness (QED) is 0.625. The van der Waals surface area contributed by atoms with E-state index >= 15 is 0 Å². The number of nitrogens with zero attached hydrogens (tertiary/aromatic N) is 4. The van der Waals surface area contributed by atoms with Crippen molar-refractivity contribution in [2.24, 2.45) is 10.2 Å². The van der Waals surface area contributed by atoms with Gasteiger partial charge in [0.15, 0.2) is 0 Å². The first kappa shape index (κ1) is 9.65. The molecule has 2 aliphatic rings. The molecule has 1 aromatic heterocycles. The zero-order valence-corrected chi connectivity index (χ0v) is 8.82. The summed E-state index contributed by atoms with van der Waals surface area (Å²) in [7, 11) is 0. The number of fused-ring (bicyclic) bond motifs is 1. The molecule has 0 bridgehead atoms. The van der Waals surface area contributed by atoms with Crippen molar-refractivity contribution in [2.75, 3.05) is 0 Å². The summed E-state index contributed by atoms with van der Waals surface area (Å²) in [6.07, 6.45) is 1.41. The number of hydrogen-bond acceptors (Lipinski definition) is 5. The fourth-order valence-electron chi connectivity index (χ4n) is 1.59. The SMILES string of the molecule is c1ccc2ccc(N=Nc3cnon3)c-2cc1. The predicted molar refractivity (Wildman–Crippen MR) is 61.5 cm³/mol. The fraction of sp³-hybridized carbons (Fsp3) is 0. The van der Waals surface area contributed by atoms with Gasteiger partial charge in [-0.1, -0.05) is 41.6 Å². The lowest BCUT2D eigenvalue weighted by molar-refractivity contribution is 0.308. The minimum atomic E-state index is 0.361. The zero-order valence-electron chi connectivity index (χ0n) is 8.82. The Morgan fingerprint density at radius 1 is 0.941 bits per heavy atom. The van der Waals surface area contributed by atoms with Crippen molar-refractivity contribution >= 4 is 11.5 Å². The first-order chi connectivity index (χ1) is 8.43. The van der Waals surface area contributed by atoms with E-state index in [0.717, 1.165) is 16.8 Å². The van der Waals surface area contributed by atoms with Crippen LogP contribution in [0.4, 0.5) is 11.5 Å². The Labute approximate surface area is 97.1 Å². The maximum Gasteiger partial charge on any atom is 0.237 e. The minimum absolute atomic E-state index is 0.361. The van der Waals surface area contributed by atoms with E-state index in [1.54, 1.807) is 0 Å². The summed E-state index contributed by atoms with van der Waals surface area (Å²) in [5.74, 6) is 0.361. The zero-order chi connectivity index (χ0) is 11.5. The number of azo groups is 1. The van der Waals surface area contributed by atoms with Gasteiger partial charge in [0, 0.05) is 5.56 Å². The van der Waals surface area contributed by atoms with Crippen molar-refractivity contribution in [3.8, 4) is 11.1 Å². The molecule has 0 fully saturated rings. The number of aromatic nitrogens is 2. The second-order valence-electron chi connectivity index (χ2n) is 3.46. The van der Waals surface area contributed by atoms with E-state index < -0.39 is 0 Å². The Balaban J connectivity index is 1.98. The van der Waals surface area contributed by atoms with Gasteiger partial charge in [-0.3, -0.25) is 0 Å². The van der Waals surface area contributed by atoms with Gasteiger partial charge in [0.2, 0.25) is 5.82 Å². The van der Waals surface area contributed by atoms with E-state index in [4.69, 9.17) is 0 Å². The molecule has 17 heavy (non-hydrogen) atoms. The molecule has 82 valence electrons. The molecule has 1 aromatic rings. The molecular formula is C12H8N4O. The van der Waals surface area contributed by atoms with Crippen LogP contribution >= 0.6 is 0 Å². The van der Waals surface area contributed by atoms with Crippen molar-refractivity contribution in [3.63, 3.8) is 0 Å². The average Bonchev–Trinajstić information content (AvgIpc) is 2.92. The van der Waals surface area contributed by atoms with Gasteiger partial charge in [0.25, 0.3) is 0 Å². The molecule has 2 aliphatic carbocycles. The highest BCUT2D eigenvalue weighted by Gasteiger charge is 2.06. The van der Waals surface area contributed by atoms with Gasteiger partial charge in [-0.2, -0.15) is 0 Å². The van der Waals surface area contributed by atoms with Gasteiger partial charge in [-0.25, -0.2) is 4.63 Å². The van der Waals surface area contributed by atoms with E-state index in [1.165, 1.54) is 6.20 Å².